The predicted molar refractivity (Wildman–Crippen MR) is 107 cm³/mol. The van der Waals surface area contributed by atoms with Crippen LogP contribution in [0.25, 0.3) is 22.0 Å². The first-order chi connectivity index (χ1) is 12.5. The van der Waals surface area contributed by atoms with Crippen molar-refractivity contribution in [2.75, 3.05) is 0 Å². The summed E-state index contributed by atoms with van der Waals surface area (Å²) in [6, 6.07) is 13.2. The van der Waals surface area contributed by atoms with Crippen molar-refractivity contribution in [2.24, 2.45) is 0 Å². The van der Waals surface area contributed by atoms with Crippen LogP contribution in [-0.2, 0) is 0 Å². The summed E-state index contributed by atoms with van der Waals surface area (Å²) in [6.07, 6.45) is 7.49. The van der Waals surface area contributed by atoms with Crippen LogP contribution in [0.3, 0.4) is 0 Å². The van der Waals surface area contributed by atoms with Crippen molar-refractivity contribution in [1.82, 2.24) is 4.98 Å². The lowest BCUT2D eigenvalue weighted by Crippen LogP contribution is -2.06. The van der Waals surface area contributed by atoms with Gasteiger partial charge in [0.25, 0.3) is 0 Å². The first-order valence-electron chi connectivity index (χ1n) is 9.95. The number of nitrogens with zero attached hydrogens (tertiary/aromatic N) is 1. The summed E-state index contributed by atoms with van der Waals surface area (Å²) in [4.78, 5) is 4.71. The molecule has 3 aromatic rings. The number of rotatable bonds is 2. The van der Waals surface area contributed by atoms with E-state index in [1.54, 1.807) is 0 Å². The van der Waals surface area contributed by atoms with Crippen molar-refractivity contribution >= 4 is 10.8 Å². The van der Waals surface area contributed by atoms with E-state index in [4.69, 9.17) is 6.35 Å². The van der Waals surface area contributed by atoms with Crippen LogP contribution in [0, 0.1) is 20.8 Å². The molecule has 1 nitrogen and oxygen atoms in total. The Balaban J connectivity index is 1.89. The first-order valence-corrected chi connectivity index (χ1v) is 9.45. The van der Waals surface area contributed by atoms with Crippen LogP contribution >= 0.6 is 0 Å². The number of benzene rings is 2. The van der Waals surface area contributed by atoms with E-state index in [-0.39, 0.29) is 0 Å². The van der Waals surface area contributed by atoms with Gasteiger partial charge in [-0.05, 0) is 80.3 Å². The van der Waals surface area contributed by atoms with Gasteiger partial charge in [-0.15, -0.1) is 0 Å². The monoisotopic (exact) mass is 330 g/mol. The maximum Gasteiger partial charge on any atom is 0.0780 e. The van der Waals surface area contributed by atoms with Crippen molar-refractivity contribution in [3.8, 4) is 11.3 Å². The van der Waals surface area contributed by atoms with Gasteiger partial charge in [0, 0.05) is 18.5 Å². The molecule has 128 valence electrons. The van der Waals surface area contributed by atoms with E-state index in [9.17, 15) is 0 Å². The predicted octanol–water partition coefficient (Wildman–Crippen LogP) is 6.87. The average molecular weight is 330 g/mol. The van der Waals surface area contributed by atoms with Crippen molar-refractivity contribution < 1.29 is 1.37 Å². The molecule has 1 saturated carbocycles. The number of hydrogen-bond donors (Lipinski definition) is 0. The Morgan fingerprint density at radius 2 is 1.64 bits per heavy atom. The molecule has 0 amide bonds. The topological polar surface area (TPSA) is 12.9 Å². The third-order valence-electron chi connectivity index (χ3n) is 5.44. The van der Waals surface area contributed by atoms with Gasteiger partial charge in [0.15, 0.2) is 0 Å². The Kier molecular flexibility index (Phi) is 4.01. The van der Waals surface area contributed by atoms with Gasteiger partial charge >= 0.3 is 0 Å². The molecule has 0 bridgehead atoms. The highest BCUT2D eigenvalue weighted by Gasteiger charge is 2.18. The molecule has 0 spiro atoms. The van der Waals surface area contributed by atoms with E-state index in [2.05, 4.69) is 57.2 Å². The minimum atomic E-state index is -0.417. The van der Waals surface area contributed by atoms with Crippen LogP contribution in [0.1, 0.15) is 61.6 Å². The number of pyridine rings is 1. The van der Waals surface area contributed by atoms with Gasteiger partial charge < -0.3 is 0 Å². The lowest BCUT2D eigenvalue weighted by molar-refractivity contribution is 0.442. The first kappa shape index (κ1) is 15.1. The zero-order chi connectivity index (χ0) is 18.3. The van der Waals surface area contributed by atoms with E-state index in [0.717, 1.165) is 18.5 Å². The summed E-state index contributed by atoms with van der Waals surface area (Å²) in [6.45, 7) is 6.44. The van der Waals surface area contributed by atoms with Gasteiger partial charge in [-0.2, -0.15) is 0 Å². The molecule has 1 heterocycles. The lowest BCUT2D eigenvalue weighted by Gasteiger charge is -2.24. The molecule has 25 heavy (non-hydrogen) atoms. The molecular weight excluding hydrogens is 302 g/mol. The Bertz CT molecular complexity index is 947. The maximum atomic E-state index is 9.04. The fraction of sp³-hybridized carbons (Fsp3) is 0.375. The quantitative estimate of drug-likeness (QED) is 0.499. The van der Waals surface area contributed by atoms with Gasteiger partial charge in [-0.1, -0.05) is 42.5 Å². The van der Waals surface area contributed by atoms with Crippen LogP contribution in [-0.4, -0.2) is 4.98 Å². The number of hydrogen-bond acceptors (Lipinski definition) is 1. The third-order valence-corrected chi connectivity index (χ3v) is 5.44. The molecule has 0 unspecified atom stereocenters. The van der Waals surface area contributed by atoms with Gasteiger partial charge in [0.2, 0.25) is 0 Å². The van der Waals surface area contributed by atoms with Gasteiger partial charge in [-0.3, -0.25) is 4.98 Å². The average Bonchev–Trinajstić information content (AvgIpc) is 2.60. The second-order valence-corrected chi connectivity index (χ2v) is 7.59. The van der Waals surface area contributed by atoms with E-state index in [1.165, 1.54) is 57.9 Å². The summed E-state index contributed by atoms with van der Waals surface area (Å²) in [7, 11) is 0. The Morgan fingerprint density at radius 1 is 0.920 bits per heavy atom. The molecule has 0 saturated heterocycles. The highest BCUT2D eigenvalue weighted by molar-refractivity contribution is 5.95. The summed E-state index contributed by atoms with van der Waals surface area (Å²) < 4.78 is 9.04. The molecule has 1 fully saturated rings. The minimum Gasteiger partial charge on any atom is -0.256 e. The van der Waals surface area contributed by atoms with Gasteiger partial charge in [-0.25, -0.2) is 0 Å². The van der Waals surface area contributed by atoms with E-state index in [1.807, 2.05) is 6.20 Å². The second-order valence-electron chi connectivity index (χ2n) is 7.59. The molecule has 0 N–H and O–H groups in total. The Labute approximate surface area is 152 Å². The fourth-order valence-electron chi connectivity index (χ4n) is 4.30. The molecule has 1 aliphatic carbocycles. The van der Waals surface area contributed by atoms with Crippen LogP contribution in [0.4, 0.5) is 0 Å². The zero-order valence-corrected chi connectivity index (χ0v) is 15.5. The number of fused-ring (bicyclic) bond motifs is 1. The van der Waals surface area contributed by atoms with E-state index >= 15 is 0 Å². The van der Waals surface area contributed by atoms with E-state index in [0.29, 0.717) is 0 Å². The molecule has 0 radical (unpaired) electrons. The molecule has 2 aromatic carbocycles. The third kappa shape index (κ3) is 3.20. The van der Waals surface area contributed by atoms with E-state index < -0.39 is 5.89 Å². The van der Waals surface area contributed by atoms with Gasteiger partial charge in [0.05, 0.1) is 5.69 Å². The molecule has 0 aliphatic heterocycles. The van der Waals surface area contributed by atoms with Crippen LogP contribution in [0.2, 0.25) is 0 Å². The summed E-state index contributed by atoms with van der Waals surface area (Å²) in [5.41, 5.74) is 7.19. The highest BCUT2D eigenvalue weighted by Crippen LogP contribution is 2.37. The Morgan fingerprint density at radius 3 is 2.36 bits per heavy atom. The maximum absolute atomic E-state index is 9.04. The number of aryl methyl sites for hydroxylation is 3. The fourth-order valence-corrected chi connectivity index (χ4v) is 4.30. The van der Waals surface area contributed by atoms with Crippen molar-refractivity contribution in [3.63, 3.8) is 0 Å². The van der Waals surface area contributed by atoms with Crippen molar-refractivity contribution in [2.45, 2.75) is 58.8 Å². The molecule has 1 aliphatic rings. The highest BCUT2D eigenvalue weighted by atomic mass is 14.7. The SMILES string of the molecule is [2H]C1(c2cc3ccnc(-c4cc(C)cc(C)c4)c3cc2C)CCCCC1. The standard InChI is InChI=1S/C24H27N/c1-16-11-17(2)13-21(12-16)24-23-14-18(3)22(15-20(23)9-10-25-24)19-7-5-4-6-8-19/h9-15,19H,4-8H2,1-3H3/i19D. The molecule has 1 aromatic heterocycles. The van der Waals surface area contributed by atoms with Gasteiger partial charge in [0.1, 0.15) is 0 Å². The normalized spacial score (nSPS) is 17.5. The van der Waals surface area contributed by atoms with Crippen LogP contribution in [0.5, 0.6) is 0 Å². The van der Waals surface area contributed by atoms with Crippen LogP contribution in [0.15, 0.2) is 42.6 Å². The summed E-state index contributed by atoms with van der Waals surface area (Å²) in [5, 5.41) is 2.39. The van der Waals surface area contributed by atoms with Crippen molar-refractivity contribution in [3.05, 3.63) is 64.8 Å². The summed E-state index contributed by atoms with van der Waals surface area (Å²) in [5.74, 6) is -0.417. The second kappa shape index (κ2) is 6.63. The minimum absolute atomic E-state index is 0.417. The molecule has 1 heteroatoms. The Hall–Kier alpha value is -2.15. The number of aromatic nitrogens is 1. The molecular formula is C24H27N. The smallest absolute Gasteiger partial charge is 0.0780 e. The van der Waals surface area contributed by atoms with Crippen LogP contribution < -0.4 is 0 Å². The summed E-state index contributed by atoms with van der Waals surface area (Å²) >= 11 is 0. The zero-order valence-electron chi connectivity index (χ0n) is 16.5. The lowest BCUT2D eigenvalue weighted by atomic mass is 9.81. The molecule has 0 atom stereocenters. The largest absolute Gasteiger partial charge is 0.256 e. The van der Waals surface area contributed by atoms with Crippen molar-refractivity contribution in [1.29, 1.82) is 0 Å². The molecule has 4 rings (SSSR count).